The first-order valence-electron chi connectivity index (χ1n) is 1.63. The van der Waals surface area contributed by atoms with Gasteiger partial charge in [-0.2, -0.15) is 23.5 Å². The highest BCUT2D eigenvalue weighted by atomic mass is 32.2. The van der Waals surface area contributed by atoms with Crippen molar-refractivity contribution in [2.24, 2.45) is 0 Å². The summed E-state index contributed by atoms with van der Waals surface area (Å²) in [4.78, 5) is 0. The molecule has 0 aromatic rings. The Bertz CT molecular complexity index is 14.0. The Labute approximate surface area is 65.7 Å². The van der Waals surface area contributed by atoms with Crippen LogP contribution in [0.4, 0.5) is 0 Å². The van der Waals surface area contributed by atoms with Gasteiger partial charge < -0.3 is 0 Å². The van der Waals surface area contributed by atoms with E-state index in [-0.39, 0.29) is 16.8 Å². The molecule has 0 aliphatic heterocycles. The Balaban J connectivity index is -0.0000000160. The molecule has 0 atom stereocenters. The van der Waals surface area contributed by atoms with Crippen LogP contribution in [0, 0.1) is 0 Å². The van der Waals surface area contributed by atoms with Crippen LogP contribution in [0.3, 0.4) is 0 Å². The van der Waals surface area contributed by atoms with Crippen LogP contribution >= 0.6 is 23.5 Å². The summed E-state index contributed by atoms with van der Waals surface area (Å²) in [7, 11) is 0. The van der Waals surface area contributed by atoms with E-state index in [9.17, 15) is 0 Å². The van der Waals surface area contributed by atoms with Crippen molar-refractivity contribution in [2.75, 3.05) is 25.0 Å². The van der Waals surface area contributed by atoms with Gasteiger partial charge in [0.25, 0.3) is 0 Å². The standard InChI is InChI=1S/2C2H6S.2B/c2*1-3-2;;/h2*1-2H3;;. The molecule has 46 valence electrons. The van der Waals surface area contributed by atoms with Crippen molar-refractivity contribution < 1.29 is 0 Å². The second-order valence-corrected chi connectivity index (χ2v) is 2.45. The first-order valence-corrected chi connectivity index (χ1v) is 4.90. The summed E-state index contributed by atoms with van der Waals surface area (Å²) >= 11 is 3.50. The third-order valence-corrected chi connectivity index (χ3v) is 0. The van der Waals surface area contributed by atoms with Gasteiger partial charge in [0, 0.05) is 16.8 Å². The molecule has 0 saturated carbocycles. The van der Waals surface area contributed by atoms with Crippen LogP contribution in [0.15, 0.2) is 0 Å². The minimum Gasteiger partial charge on any atom is -0.169 e. The van der Waals surface area contributed by atoms with Gasteiger partial charge in [-0.05, 0) is 25.0 Å². The summed E-state index contributed by atoms with van der Waals surface area (Å²) in [6.45, 7) is 0. The Kier molecular flexibility index (Phi) is 132. The Morgan fingerprint density at radius 1 is 0.625 bits per heavy atom. The van der Waals surface area contributed by atoms with Crippen LogP contribution in [0.5, 0.6) is 0 Å². The van der Waals surface area contributed by atoms with Crippen molar-refractivity contribution in [3.8, 4) is 0 Å². The lowest BCUT2D eigenvalue weighted by molar-refractivity contribution is 2.37. The van der Waals surface area contributed by atoms with E-state index in [4.69, 9.17) is 0 Å². The van der Waals surface area contributed by atoms with Crippen molar-refractivity contribution in [3.05, 3.63) is 0 Å². The van der Waals surface area contributed by atoms with E-state index in [1.54, 1.807) is 23.5 Å². The van der Waals surface area contributed by atoms with Gasteiger partial charge in [0.15, 0.2) is 0 Å². The Hall–Kier alpha value is 0.830. The van der Waals surface area contributed by atoms with Crippen molar-refractivity contribution in [3.63, 3.8) is 0 Å². The second-order valence-electron chi connectivity index (χ2n) is 0.816. The van der Waals surface area contributed by atoms with Gasteiger partial charge in [-0.1, -0.05) is 0 Å². The number of hydrogen-bond donors (Lipinski definition) is 0. The monoisotopic (exact) mass is 146 g/mol. The van der Waals surface area contributed by atoms with Crippen LogP contribution in [0.2, 0.25) is 0 Å². The average molecular weight is 146 g/mol. The molecule has 0 saturated heterocycles. The van der Waals surface area contributed by atoms with Crippen molar-refractivity contribution in [1.29, 1.82) is 0 Å². The van der Waals surface area contributed by atoms with E-state index >= 15 is 0 Å². The largest absolute Gasteiger partial charge is 0.169 e. The molecule has 0 aliphatic rings. The Morgan fingerprint density at radius 3 is 0.625 bits per heavy atom. The highest BCUT2D eigenvalue weighted by Gasteiger charge is 1.33. The molecule has 0 heterocycles. The first kappa shape index (κ1) is 23.2. The molecule has 4 heteroatoms. The fraction of sp³-hybridized carbons (Fsp3) is 1.00. The minimum atomic E-state index is 0. The molecule has 0 spiro atoms. The van der Waals surface area contributed by atoms with E-state index in [1.165, 1.54) is 0 Å². The zero-order valence-electron chi connectivity index (χ0n) is 5.97. The fourth-order valence-corrected chi connectivity index (χ4v) is 0. The predicted molar refractivity (Wildman–Crippen MR) is 50.4 cm³/mol. The van der Waals surface area contributed by atoms with Crippen LogP contribution in [0.1, 0.15) is 0 Å². The van der Waals surface area contributed by atoms with Gasteiger partial charge in [0.2, 0.25) is 0 Å². The molecule has 0 nitrogen and oxygen atoms in total. The SMILES string of the molecule is CSC.CSC.[B].[B]. The summed E-state index contributed by atoms with van der Waals surface area (Å²) in [6.07, 6.45) is 8.17. The molecule has 0 aliphatic carbocycles. The van der Waals surface area contributed by atoms with E-state index < -0.39 is 0 Å². The summed E-state index contributed by atoms with van der Waals surface area (Å²) in [5.41, 5.74) is 0. The molecule has 0 aromatic carbocycles. The van der Waals surface area contributed by atoms with Gasteiger partial charge in [-0.15, -0.1) is 0 Å². The normalized spacial score (nSPS) is 4.50. The lowest BCUT2D eigenvalue weighted by Crippen LogP contribution is -1.25. The minimum absolute atomic E-state index is 0. The molecular weight excluding hydrogens is 134 g/mol. The third kappa shape index (κ3) is 337. The van der Waals surface area contributed by atoms with Crippen LogP contribution < -0.4 is 0 Å². The highest BCUT2D eigenvalue weighted by molar-refractivity contribution is 7.98. The van der Waals surface area contributed by atoms with Gasteiger partial charge in [-0.3, -0.25) is 0 Å². The van der Waals surface area contributed by atoms with Gasteiger partial charge >= 0.3 is 0 Å². The van der Waals surface area contributed by atoms with Crippen LogP contribution in [-0.4, -0.2) is 41.8 Å². The molecular formula is C4H12B2S2. The number of thioether (sulfide) groups is 2. The maximum absolute atomic E-state index is 2.04. The van der Waals surface area contributed by atoms with Gasteiger partial charge in [0.1, 0.15) is 0 Å². The zero-order valence-corrected chi connectivity index (χ0v) is 7.60. The lowest BCUT2D eigenvalue weighted by Gasteiger charge is -1.51. The molecule has 0 unspecified atom stereocenters. The highest BCUT2D eigenvalue weighted by Crippen LogP contribution is 1.70. The van der Waals surface area contributed by atoms with Crippen LogP contribution in [0.25, 0.3) is 0 Å². The molecule has 0 fully saturated rings. The number of hydrogen-bond acceptors (Lipinski definition) is 2. The maximum Gasteiger partial charge on any atom is 0 e. The topological polar surface area (TPSA) is 0 Å². The summed E-state index contributed by atoms with van der Waals surface area (Å²) in [6, 6.07) is 0. The van der Waals surface area contributed by atoms with Gasteiger partial charge in [-0.25, -0.2) is 0 Å². The van der Waals surface area contributed by atoms with Crippen molar-refractivity contribution >= 4 is 40.3 Å². The third-order valence-electron chi connectivity index (χ3n) is 0. The van der Waals surface area contributed by atoms with E-state index in [2.05, 4.69) is 0 Å². The summed E-state index contributed by atoms with van der Waals surface area (Å²) in [5, 5.41) is 0. The molecule has 8 heavy (non-hydrogen) atoms. The molecule has 0 aromatic heterocycles. The lowest BCUT2D eigenvalue weighted by atomic mass is 10.8. The predicted octanol–water partition coefficient (Wildman–Crippen LogP) is 1.20. The number of rotatable bonds is 0. The summed E-state index contributed by atoms with van der Waals surface area (Å²) in [5.74, 6) is 0. The van der Waals surface area contributed by atoms with Gasteiger partial charge in [0.05, 0.1) is 0 Å². The summed E-state index contributed by atoms with van der Waals surface area (Å²) < 4.78 is 0. The maximum atomic E-state index is 2.04. The zero-order chi connectivity index (χ0) is 5.41. The molecule has 0 N–H and O–H groups in total. The van der Waals surface area contributed by atoms with E-state index in [0.29, 0.717) is 0 Å². The van der Waals surface area contributed by atoms with Crippen molar-refractivity contribution in [2.45, 2.75) is 0 Å². The van der Waals surface area contributed by atoms with E-state index in [0.717, 1.165) is 0 Å². The smallest absolute Gasteiger partial charge is 0 e. The molecule has 6 radical (unpaired) electrons. The second kappa shape index (κ2) is 45.6. The quantitative estimate of drug-likeness (QED) is 0.470. The first-order chi connectivity index (χ1) is 2.83. The average Bonchev–Trinajstić information content (AvgIpc) is 1.39. The molecule has 0 bridgehead atoms. The van der Waals surface area contributed by atoms with Crippen LogP contribution in [-0.2, 0) is 0 Å². The van der Waals surface area contributed by atoms with E-state index in [1.807, 2.05) is 25.0 Å². The molecule has 0 rings (SSSR count). The molecule has 0 amide bonds. The fourth-order valence-electron chi connectivity index (χ4n) is 0. The Morgan fingerprint density at radius 2 is 0.625 bits per heavy atom. The van der Waals surface area contributed by atoms with Crippen molar-refractivity contribution in [1.82, 2.24) is 0 Å².